The van der Waals surface area contributed by atoms with Crippen LogP contribution in [0.3, 0.4) is 0 Å². The van der Waals surface area contributed by atoms with Crippen LogP contribution in [0.5, 0.6) is 0 Å². The van der Waals surface area contributed by atoms with Crippen LogP contribution in [0.2, 0.25) is 0 Å². The molecule has 5 nitrogen and oxygen atoms in total. The SMILES string of the molecule is Cc1ccc(C(=O)CN2C(=O)NC(C)(c3ccc(F)cc3)C2=O)cc1. The van der Waals surface area contributed by atoms with Gasteiger partial charge in [-0.1, -0.05) is 42.0 Å². The lowest BCUT2D eigenvalue weighted by atomic mass is 9.92. The summed E-state index contributed by atoms with van der Waals surface area (Å²) in [5, 5.41) is 2.59. The van der Waals surface area contributed by atoms with Crippen LogP contribution < -0.4 is 5.32 Å². The number of benzene rings is 2. The van der Waals surface area contributed by atoms with E-state index in [0.717, 1.165) is 10.5 Å². The van der Waals surface area contributed by atoms with E-state index in [4.69, 9.17) is 0 Å². The van der Waals surface area contributed by atoms with Crippen LogP contribution in [0, 0.1) is 12.7 Å². The van der Waals surface area contributed by atoms with Gasteiger partial charge in [0.2, 0.25) is 0 Å². The Balaban J connectivity index is 1.82. The molecule has 1 fully saturated rings. The summed E-state index contributed by atoms with van der Waals surface area (Å²) in [4.78, 5) is 38.2. The van der Waals surface area contributed by atoms with E-state index in [1.807, 2.05) is 6.92 Å². The first-order valence-electron chi connectivity index (χ1n) is 7.81. The highest BCUT2D eigenvalue weighted by molar-refractivity contribution is 6.11. The molecule has 1 atom stereocenters. The predicted octanol–water partition coefficient (Wildman–Crippen LogP) is 2.78. The predicted molar refractivity (Wildman–Crippen MR) is 89.5 cm³/mol. The normalized spacial score (nSPS) is 19.9. The van der Waals surface area contributed by atoms with E-state index in [1.54, 1.807) is 24.3 Å². The first-order chi connectivity index (χ1) is 11.8. The highest BCUT2D eigenvalue weighted by Gasteiger charge is 2.49. The van der Waals surface area contributed by atoms with Gasteiger partial charge < -0.3 is 5.32 Å². The minimum Gasteiger partial charge on any atom is -0.319 e. The molecule has 2 aromatic carbocycles. The van der Waals surface area contributed by atoms with Crippen molar-refractivity contribution in [1.29, 1.82) is 0 Å². The number of halogens is 1. The third-order valence-corrected chi connectivity index (χ3v) is 4.37. The third-order valence-electron chi connectivity index (χ3n) is 4.37. The highest BCUT2D eigenvalue weighted by atomic mass is 19.1. The molecule has 1 aliphatic heterocycles. The van der Waals surface area contributed by atoms with Crippen molar-refractivity contribution in [3.8, 4) is 0 Å². The number of carbonyl (C=O) groups excluding carboxylic acids is 3. The van der Waals surface area contributed by atoms with E-state index in [1.165, 1.54) is 31.2 Å². The first-order valence-corrected chi connectivity index (χ1v) is 7.81. The van der Waals surface area contributed by atoms with Crippen LogP contribution >= 0.6 is 0 Å². The number of nitrogens with one attached hydrogen (secondary N) is 1. The molecule has 3 amide bonds. The Bertz CT molecular complexity index is 846. The van der Waals surface area contributed by atoms with Gasteiger partial charge >= 0.3 is 6.03 Å². The first kappa shape index (κ1) is 16.8. The molecule has 1 aliphatic rings. The summed E-state index contributed by atoms with van der Waals surface area (Å²) in [6.45, 7) is 3.10. The number of urea groups is 1. The maximum Gasteiger partial charge on any atom is 0.325 e. The third kappa shape index (κ3) is 3.03. The molecule has 0 saturated carbocycles. The van der Waals surface area contributed by atoms with E-state index in [0.29, 0.717) is 11.1 Å². The van der Waals surface area contributed by atoms with Gasteiger partial charge in [-0.25, -0.2) is 9.18 Å². The Morgan fingerprint density at radius 3 is 2.28 bits per heavy atom. The molecule has 1 heterocycles. The maximum atomic E-state index is 13.1. The second-order valence-corrected chi connectivity index (χ2v) is 6.24. The molecule has 0 aromatic heterocycles. The Kier molecular flexibility index (Phi) is 4.12. The summed E-state index contributed by atoms with van der Waals surface area (Å²) < 4.78 is 13.1. The van der Waals surface area contributed by atoms with Gasteiger partial charge in [0, 0.05) is 5.56 Å². The quantitative estimate of drug-likeness (QED) is 0.687. The largest absolute Gasteiger partial charge is 0.325 e. The lowest BCUT2D eigenvalue weighted by Gasteiger charge is -2.22. The second-order valence-electron chi connectivity index (χ2n) is 6.24. The number of carbonyl (C=O) groups is 3. The van der Waals surface area contributed by atoms with Gasteiger partial charge in [0.25, 0.3) is 5.91 Å². The Hall–Kier alpha value is -3.02. The molecule has 25 heavy (non-hydrogen) atoms. The number of nitrogens with zero attached hydrogens (tertiary/aromatic N) is 1. The van der Waals surface area contributed by atoms with Gasteiger partial charge in [-0.15, -0.1) is 0 Å². The zero-order valence-electron chi connectivity index (χ0n) is 13.9. The number of imide groups is 1. The smallest absolute Gasteiger partial charge is 0.319 e. The van der Waals surface area contributed by atoms with Crippen molar-refractivity contribution in [3.63, 3.8) is 0 Å². The Morgan fingerprint density at radius 2 is 1.68 bits per heavy atom. The molecule has 1 saturated heterocycles. The molecule has 6 heteroatoms. The summed E-state index contributed by atoms with van der Waals surface area (Å²) in [7, 11) is 0. The summed E-state index contributed by atoms with van der Waals surface area (Å²) >= 11 is 0. The number of aryl methyl sites for hydroxylation is 1. The van der Waals surface area contributed by atoms with Crippen molar-refractivity contribution >= 4 is 17.7 Å². The molecule has 3 rings (SSSR count). The van der Waals surface area contributed by atoms with E-state index < -0.39 is 23.3 Å². The van der Waals surface area contributed by atoms with Crippen LogP contribution in [0.25, 0.3) is 0 Å². The zero-order chi connectivity index (χ0) is 18.2. The summed E-state index contributed by atoms with van der Waals surface area (Å²) in [6, 6.07) is 11.6. The highest BCUT2D eigenvalue weighted by Crippen LogP contribution is 2.29. The fourth-order valence-corrected chi connectivity index (χ4v) is 2.79. The lowest BCUT2D eigenvalue weighted by molar-refractivity contribution is -0.130. The van der Waals surface area contributed by atoms with Gasteiger partial charge in [-0.2, -0.15) is 0 Å². The molecular formula is C19H17FN2O3. The van der Waals surface area contributed by atoms with Crippen molar-refractivity contribution in [2.75, 3.05) is 6.54 Å². The number of amides is 3. The molecule has 0 spiro atoms. The van der Waals surface area contributed by atoms with E-state index in [9.17, 15) is 18.8 Å². The van der Waals surface area contributed by atoms with Crippen molar-refractivity contribution < 1.29 is 18.8 Å². The fraction of sp³-hybridized carbons (Fsp3) is 0.211. The van der Waals surface area contributed by atoms with Crippen LogP contribution in [-0.4, -0.2) is 29.2 Å². The molecule has 0 radical (unpaired) electrons. The minimum absolute atomic E-state index is 0.327. The van der Waals surface area contributed by atoms with Crippen LogP contribution in [0.4, 0.5) is 9.18 Å². The van der Waals surface area contributed by atoms with Crippen molar-refractivity contribution in [2.45, 2.75) is 19.4 Å². The van der Waals surface area contributed by atoms with Gasteiger partial charge in [0.15, 0.2) is 5.78 Å². The number of Topliss-reactive ketones (excluding diaryl/α,β-unsaturated/α-hetero) is 1. The summed E-state index contributed by atoms with van der Waals surface area (Å²) in [5.74, 6) is -1.30. The molecular weight excluding hydrogens is 323 g/mol. The summed E-state index contributed by atoms with van der Waals surface area (Å²) in [6.07, 6.45) is 0. The molecule has 0 aliphatic carbocycles. The van der Waals surface area contributed by atoms with E-state index in [2.05, 4.69) is 5.32 Å². The van der Waals surface area contributed by atoms with Crippen LogP contribution in [-0.2, 0) is 10.3 Å². The number of rotatable bonds is 4. The molecule has 2 aromatic rings. The molecule has 128 valence electrons. The van der Waals surface area contributed by atoms with Gasteiger partial charge in [0.1, 0.15) is 11.4 Å². The van der Waals surface area contributed by atoms with Crippen molar-refractivity contribution in [1.82, 2.24) is 10.2 Å². The van der Waals surface area contributed by atoms with Crippen LogP contribution in [0.15, 0.2) is 48.5 Å². The fourth-order valence-electron chi connectivity index (χ4n) is 2.79. The average molecular weight is 340 g/mol. The topological polar surface area (TPSA) is 66.5 Å². The molecule has 0 bridgehead atoms. The monoisotopic (exact) mass is 340 g/mol. The van der Waals surface area contributed by atoms with Crippen LogP contribution in [0.1, 0.15) is 28.4 Å². The van der Waals surface area contributed by atoms with Gasteiger partial charge in [-0.3, -0.25) is 14.5 Å². The van der Waals surface area contributed by atoms with E-state index in [-0.39, 0.29) is 12.3 Å². The number of ketones is 1. The molecule has 1 N–H and O–H groups in total. The average Bonchev–Trinajstić information content (AvgIpc) is 2.80. The Labute approximate surface area is 144 Å². The Morgan fingerprint density at radius 1 is 1.08 bits per heavy atom. The van der Waals surface area contributed by atoms with Crippen molar-refractivity contribution in [2.24, 2.45) is 0 Å². The minimum atomic E-state index is -1.32. The standard InChI is InChI=1S/C19H17FN2O3/c1-12-3-5-13(6-4-12)16(23)11-22-17(24)19(2,21-18(22)25)14-7-9-15(20)10-8-14/h3-10H,11H2,1-2H3,(H,21,25). The number of hydrogen-bond donors (Lipinski definition) is 1. The number of hydrogen-bond acceptors (Lipinski definition) is 3. The van der Waals surface area contributed by atoms with Gasteiger partial charge in [0.05, 0.1) is 6.54 Å². The van der Waals surface area contributed by atoms with Gasteiger partial charge in [-0.05, 0) is 31.5 Å². The molecule has 1 unspecified atom stereocenters. The van der Waals surface area contributed by atoms with Crippen molar-refractivity contribution in [3.05, 3.63) is 71.0 Å². The zero-order valence-corrected chi connectivity index (χ0v) is 13.9. The lowest BCUT2D eigenvalue weighted by Crippen LogP contribution is -2.41. The van der Waals surface area contributed by atoms with E-state index >= 15 is 0 Å². The summed E-state index contributed by atoms with van der Waals surface area (Å²) in [5.41, 5.74) is 0.577. The maximum absolute atomic E-state index is 13.1. The second kappa shape index (κ2) is 6.12.